The van der Waals surface area contributed by atoms with E-state index in [1.54, 1.807) is 0 Å². The van der Waals surface area contributed by atoms with Crippen LogP contribution in [0, 0.1) is 0 Å². The highest BCUT2D eigenvalue weighted by Crippen LogP contribution is 1.84. The molecule has 0 rings (SSSR count). The maximum absolute atomic E-state index is 9.94. The lowest BCUT2D eigenvalue weighted by molar-refractivity contribution is 0.420. The zero-order valence-electron chi connectivity index (χ0n) is 3.46. The molecule has 0 aromatic carbocycles. The monoisotopic (exact) mass is 156 g/mol. The van der Waals surface area contributed by atoms with E-state index in [1.807, 2.05) is 0 Å². The molecule has 0 aromatic rings. The van der Waals surface area contributed by atoms with Gasteiger partial charge >= 0.3 is 10.4 Å². The van der Waals surface area contributed by atoms with Gasteiger partial charge in [0.2, 0.25) is 21.0 Å². The maximum atomic E-state index is 9.94. The molecule has 0 aliphatic carbocycles. The first kappa shape index (κ1) is 7.30. The zero-order chi connectivity index (χ0) is 5.91. The molecule has 0 heterocycles. The van der Waals surface area contributed by atoms with Crippen molar-refractivity contribution in [3.63, 3.8) is 0 Å². The highest BCUT2D eigenvalue weighted by molar-refractivity contribution is 7.83. The van der Waals surface area contributed by atoms with Gasteiger partial charge in [-0.05, 0) is 0 Å². The molecule has 42 valence electrons. The summed E-state index contributed by atoms with van der Waals surface area (Å²) in [7, 11) is -1.92. The molecule has 0 fully saturated rings. The third-order valence-corrected chi connectivity index (χ3v) is 2.60. The summed E-state index contributed by atoms with van der Waals surface area (Å²) < 4.78 is 27.6. The normalized spacial score (nSPS) is 11.7. The zero-order valence-corrected chi connectivity index (χ0v) is 7.10. The first-order valence-corrected chi connectivity index (χ1v) is 3.73. The average Bonchev–Trinajstić information content (AvgIpc) is 1.68. The maximum Gasteiger partial charge on any atom is 0.378 e. The summed E-state index contributed by atoms with van der Waals surface area (Å²) >= 11 is 0. The summed E-state index contributed by atoms with van der Waals surface area (Å²) in [5.74, 6) is 0. The van der Waals surface area contributed by atoms with Gasteiger partial charge in [-0.1, -0.05) is 0 Å². The van der Waals surface area contributed by atoms with E-state index < -0.39 is 10.4 Å². The smallest absolute Gasteiger partial charge is 0.303 e. The molecule has 7 heavy (non-hydrogen) atoms. The van der Waals surface area contributed by atoms with Crippen molar-refractivity contribution in [3.05, 3.63) is 0 Å². The Kier molecular flexibility index (Phi) is 2.68. The lowest BCUT2D eigenvalue weighted by Gasteiger charge is -1.92. The molecule has 4 nitrogen and oxygen atoms in total. The molecule has 0 aliphatic rings. The van der Waals surface area contributed by atoms with Crippen molar-refractivity contribution in [1.29, 1.82) is 0 Å². The Hall–Kier alpha value is 0.304. The molecule has 0 atom stereocenters. The second-order valence-electron chi connectivity index (χ2n) is 0.644. The van der Waals surface area contributed by atoms with Crippen LogP contribution in [0.5, 0.6) is 0 Å². The molecule has 0 spiro atoms. The fourth-order valence-corrected chi connectivity index (χ4v) is 0.919. The van der Waals surface area contributed by atoms with Gasteiger partial charge in [-0.3, -0.25) is 0 Å². The van der Waals surface area contributed by atoms with Gasteiger partial charge in [-0.25, -0.2) is 0 Å². The SMILES string of the molecule is O=S(=O)(O[SiH2])O[SiH2]. The van der Waals surface area contributed by atoms with E-state index in [1.165, 1.54) is 0 Å². The van der Waals surface area contributed by atoms with Gasteiger partial charge in [-0.2, -0.15) is 8.42 Å². The van der Waals surface area contributed by atoms with Crippen LogP contribution in [0.25, 0.3) is 0 Å². The molecule has 0 bridgehead atoms. The molecule has 0 saturated carbocycles. The fourth-order valence-electron chi connectivity index (χ4n) is 0.0340. The number of hydrogen-bond donors (Lipinski definition) is 0. The van der Waals surface area contributed by atoms with Crippen LogP contribution in [0.4, 0.5) is 0 Å². The number of hydrogen-bond acceptors (Lipinski definition) is 4. The molecule has 0 aromatic heterocycles. The standard InChI is InChI=1S/H4O4SSi2/c1-5(2,3-6)4-7/h6-7H2. The second-order valence-corrected chi connectivity index (χ2v) is 3.35. The summed E-state index contributed by atoms with van der Waals surface area (Å²) in [4.78, 5) is 0. The minimum Gasteiger partial charge on any atom is -0.303 e. The second kappa shape index (κ2) is 2.57. The minimum absolute atomic E-state index is 0.855. The van der Waals surface area contributed by atoms with Crippen molar-refractivity contribution >= 4 is 31.4 Å². The van der Waals surface area contributed by atoms with Gasteiger partial charge in [0.25, 0.3) is 0 Å². The Morgan fingerprint density at radius 1 is 1.14 bits per heavy atom. The van der Waals surface area contributed by atoms with E-state index in [0.29, 0.717) is 0 Å². The summed E-state index contributed by atoms with van der Waals surface area (Å²) in [6.45, 7) is 0. The van der Waals surface area contributed by atoms with E-state index in [9.17, 15) is 8.42 Å². The molecule has 0 unspecified atom stereocenters. The molecule has 7 heteroatoms. The van der Waals surface area contributed by atoms with Crippen molar-refractivity contribution in [2.75, 3.05) is 0 Å². The van der Waals surface area contributed by atoms with Crippen molar-refractivity contribution in [2.45, 2.75) is 0 Å². The van der Waals surface area contributed by atoms with Crippen LogP contribution in [-0.4, -0.2) is 29.4 Å². The molecule has 2 radical (unpaired) electrons. The molecular formula is H4O4SSi2. The van der Waals surface area contributed by atoms with Crippen LogP contribution in [0.1, 0.15) is 0 Å². The van der Waals surface area contributed by atoms with E-state index in [4.69, 9.17) is 0 Å². The Morgan fingerprint density at radius 2 is 1.43 bits per heavy atom. The summed E-state index contributed by atoms with van der Waals surface area (Å²) in [5.41, 5.74) is 0. The molecule has 0 N–H and O–H groups in total. The lowest BCUT2D eigenvalue weighted by Crippen LogP contribution is -2.04. The van der Waals surface area contributed by atoms with Gasteiger partial charge in [0.15, 0.2) is 0 Å². The summed E-state index contributed by atoms with van der Waals surface area (Å²) in [6.07, 6.45) is 0. The van der Waals surface area contributed by atoms with Crippen molar-refractivity contribution in [3.8, 4) is 0 Å². The van der Waals surface area contributed by atoms with Crippen LogP contribution >= 0.6 is 0 Å². The van der Waals surface area contributed by atoms with E-state index in [-0.39, 0.29) is 0 Å². The Morgan fingerprint density at radius 3 is 1.43 bits per heavy atom. The Bertz CT molecular complexity index is 113. The van der Waals surface area contributed by atoms with Crippen molar-refractivity contribution < 1.29 is 16.2 Å². The molecule has 0 saturated heterocycles. The third-order valence-electron chi connectivity index (χ3n) is 0.289. The predicted octanol–water partition coefficient (Wildman–Crippen LogP) is -2.64. The molecule has 0 aliphatic heterocycles. The highest BCUT2D eigenvalue weighted by Gasteiger charge is 1.99. The molecular weight excluding hydrogens is 152 g/mol. The van der Waals surface area contributed by atoms with E-state index in [2.05, 4.69) is 7.74 Å². The van der Waals surface area contributed by atoms with Crippen molar-refractivity contribution in [2.24, 2.45) is 0 Å². The quantitative estimate of drug-likeness (QED) is 0.410. The van der Waals surface area contributed by atoms with Crippen LogP contribution < -0.4 is 0 Å². The fraction of sp³-hybridized carbons (Fsp3) is 0. The van der Waals surface area contributed by atoms with Gasteiger partial charge in [0, 0.05) is 0 Å². The van der Waals surface area contributed by atoms with Gasteiger partial charge in [0.1, 0.15) is 0 Å². The van der Waals surface area contributed by atoms with Gasteiger partial charge in [-0.15, -0.1) is 0 Å². The van der Waals surface area contributed by atoms with Crippen LogP contribution in [0.15, 0.2) is 0 Å². The third kappa shape index (κ3) is 2.94. The van der Waals surface area contributed by atoms with Crippen LogP contribution in [0.3, 0.4) is 0 Å². The topological polar surface area (TPSA) is 52.6 Å². The number of rotatable bonds is 2. The Labute approximate surface area is 48.2 Å². The summed E-state index contributed by atoms with van der Waals surface area (Å²) in [5, 5.41) is 0. The average molecular weight is 156 g/mol. The van der Waals surface area contributed by atoms with E-state index >= 15 is 0 Å². The first-order chi connectivity index (χ1) is 3.12. The van der Waals surface area contributed by atoms with Gasteiger partial charge < -0.3 is 7.74 Å². The van der Waals surface area contributed by atoms with Crippen LogP contribution in [0.2, 0.25) is 0 Å². The predicted molar refractivity (Wildman–Crippen MR) is 28.2 cm³/mol. The van der Waals surface area contributed by atoms with Crippen molar-refractivity contribution in [1.82, 2.24) is 0 Å². The minimum atomic E-state index is -3.63. The van der Waals surface area contributed by atoms with Crippen LogP contribution in [-0.2, 0) is 18.1 Å². The Balaban J connectivity index is 3.89. The largest absolute Gasteiger partial charge is 0.378 e. The van der Waals surface area contributed by atoms with Gasteiger partial charge in [0.05, 0.1) is 0 Å². The highest BCUT2D eigenvalue weighted by atomic mass is 32.3. The lowest BCUT2D eigenvalue weighted by atomic mass is 15.8. The summed E-state index contributed by atoms with van der Waals surface area (Å²) in [6, 6.07) is 0. The molecule has 0 amide bonds. The van der Waals surface area contributed by atoms with E-state index in [0.717, 1.165) is 21.0 Å². The first-order valence-electron chi connectivity index (χ1n) is 1.24.